The maximum Gasteiger partial charge on any atom is 0.241 e. The topological polar surface area (TPSA) is 98.7 Å². The number of carbonyl (C=O) groups excluding carboxylic acids is 1. The lowest BCUT2D eigenvalue weighted by Gasteiger charge is -2.12. The Balaban J connectivity index is 2.18. The quantitative estimate of drug-likeness (QED) is 0.840. The number of hydrogen-bond donors (Lipinski definition) is 2. The fourth-order valence-electron chi connectivity index (χ4n) is 1.68. The van der Waals surface area contributed by atoms with Gasteiger partial charge >= 0.3 is 0 Å². The van der Waals surface area contributed by atoms with Crippen molar-refractivity contribution in [3.8, 4) is 5.69 Å². The normalized spacial score (nSPS) is 12.2. The molecule has 0 aliphatic carbocycles. The molecule has 7 heteroatoms. The lowest BCUT2D eigenvalue weighted by Crippen LogP contribution is -2.34. The van der Waals surface area contributed by atoms with Crippen LogP contribution in [0.4, 0.5) is 5.69 Å². The van der Waals surface area contributed by atoms with E-state index in [0.717, 1.165) is 11.3 Å². The number of aromatic nitrogens is 4. The Morgan fingerprint density at radius 1 is 1.53 bits per heavy atom. The van der Waals surface area contributed by atoms with Gasteiger partial charge in [-0.05, 0) is 47.5 Å². The van der Waals surface area contributed by atoms with E-state index in [1.54, 1.807) is 10.7 Å². The van der Waals surface area contributed by atoms with Gasteiger partial charge in [0.2, 0.25) is 5.91 Å². The number of anilines is 1. The van der Waals surface area contributed by atoms with E-state index in [0.29, 0.717) is 12.1 Å². The van der Waals surface area contributed by atoms with Crippen molar-refractivity contribution >= 4 is 11.6 Å². The van der Waals surface area contributed by atoms with Gasteiger partial charge < -0.3 is 11.1 Å². The third kappa shape index (κ3) is 2.94. The molecule has 2 rings (SSSR count). The molecule has 100 valence electrons. The molecule has 0 saturated carbocycles. The highest BCUT2D eigenvalue weighted by atomic mass is 16.2. The molecule has 0 radical (unpaired) electrons. The molecule has 2 aromatic rings. The van der Waals surface area contributed by atoms with E-state index in [9.17, 15) is 4.79 Å². The van der Waals surface area contributed by atoms with Crippen molar-refractivity contribution in [2.24, 2.45) is 5.73 Å². The first-order valence-corrected chi connectivity index (χ1v) is 6.02. The van der Waals surface area contributed by atoms with E-state index in [-0.39, 0.29) is 5.91 Å². The second-order valence-corrected chi connectivity index (χ2v) is 4.26. The van der Waals surface area contributed by atoms with E-state index >= 15 is 0 Å². The Kier molecular flexibility index (Phi) is 3.86. The number of nitrogens with zero attached hydrogens (tertiary/aromatic N) is 4. The summed E-state index contributed by atoms with van der Waals surface area (Å²) in [5.74, 6) is -0.183. The average molecular weight is 260 g/mol. The average Bonchev–Trinajstić information content (AvgIpc) is 2.91. The van der Waals surface area contributed by atoms with Crippen LogP contribution in [0.15, 0.2) is 24.5 Å². The van der Waals surface area contributed by atoms with Gasteiger partial charge in [-0.15, -0.1) is 5.10 Å². The number of benzene rings is 1. The highest BCUT2D eigenvalue weighted by Crippen LogP contribution is 2.17. The fraction of sp³-hybridized carbons (Fsp3) is 0.333. The lowest BCUT2D eigenvalue weighted by molar-refractivity contribution is -0.117. The Bertz CT molecular complexity index is 566. The first-order valence-electron chi connectivity index (χ1n) is 6.02. The molecule has 0 aliphatic rings. The van der Waals surface area contributed by atoms with E-state index < -0.39 is 6.04 Å². The van der Waals surface area contributed by atoms with E-state index in [1.165, 1.54) is 6.33 Å². The van der Waals surface area contributed by atoms with Crippen molar-refractivity contribution < 1.29 is 4.79 Å². The summed E-state index contributed by atoms with van der Waals surface area (Å²) in [5, 5.41) is 13.8. The van der Waals surface area contributed by atoms with Crippen LogP contribution in [-0.4, -0.2) is 32.2 Å². The molecule has 1 aromatic carbocycles. The maximum atomic E-state index is 11.7. The van der Waals surface area contributed by atoms with E-state index in [1.807, 2.05) is 26.0 Å². The lowest BCUT2D eigenvalue weighted by atomic mass is 10.1. The smallest absolute Gasteiger partial charge is 0.241 e. The van der Waals surface area contributed by atoms with Gasteiger partial charge in [-0.25, -0.2) is 4.68 Å². The minimum Gasteiger partial charge on any atom is -0.325 e. The summed E-state index contributed by atoms with van der Waals surface area (Å²) in [5.41, 5.74) is 8.20. The third-order valence-electron chi connectivity index (χ3n) is 2.84. The van der Waals surface area contributed by atoms with Gasteiger partial charge in [-0.2, -0.15) is 0 Å². The van der Waals surface area contributed by atoms with Gasteiger partial charge in [-0.3, -0.25) is 4.79 Å². The van der Waals surface area contributed by atoms with Crippen LogP contribution < -0.4 is 11.1 Å². The van der Waals surface area contributed by atoms with Crippen LogP contribution in [0.1, 0.15) is 18.9 Å². The number of tetrazole rings is 1. The first kappa shape index (κ1) is 13.2. The molecule has 0 saturated heterocycles. The summed E-state index contributed by atoms with van der Waals surface area (Å²) in [6.45, 7) is 3.79. The number of aryl methyl sites for hydroxylation is 1. The van der Waals surface area contributed by atoms with Gasteiger partial charge in [-0.1, -0.05) is 6.92 Å². The molecular weight excluding hydrogens is 244 g/mol. The van der Waals surface area contributed by atoms with Crippen LogP contribution in [0.5, 0.6) is 0 Å². The molecule has 0 spiro atoms. The van der Waals surface area contributed by atoms with Crippen LogP contribution in [0.25, 0.3) is 5.69 Å². The molecule has 7 nitrogen and oxygen atoms in total. The molecule has 1 atom stereocenters. The number of nitrogens with two attached hydrogens (primary N) is 1. The van der Waals surface area contributed by atoms with Gasteiger partial charge in [0, 0.05) is 5.69 Å². The molecule has 1 aromatic heterocycles. The van der Waals surface area contributed by atoms with Gasteiger partial charge in [0.25, 0.3) is 0 Å². The summed E-state index contributed by atoms with van der Waals surface area (Å²) in [6.07, 6.45) is 2.13. The number of carbonyl (C=O) groups is 1. The highest BCUT2D eigenvalue weighted by molar-refractivity contribution is 5.94. The van der Waals surface area contributed by atoms with Crippen molar-refractivity contribution in [1.82, 2.24) is 20.2 Å². The Labute approximate surface area is 110 Å². The fourth-order valence-corrected chi connectivity index (χ4v) is 1.68. The zero-order valence-electron chi connectivity index (χ0n) is 10.9. The molecule has 1 amide bonds. The predicted octanol–water partition coefficient (Wildman–Crippen LogP) is 0.647. The minimum absolute atomic E-state index is 0.183. The Hall–Kier alpha value is -2.28. The molecule has 19 heavy (non-hydrogen) atoms. The van der Waals surface area contributed by atoms with Crippen molar-refractivity contribution in [2.45, 2.75) is 26.3 Å². The maximum absolute atomic E-state index is 11.7. The SMILES string of the molecule is CC[C@H](N)C(=O)Nc1ccc(-n2cnnn2)c(C)c1. The summed E-state index contributed by atoms with van der Waals surface area (Å²) < 4.78 is 1.57. The monoisotopic (exact) mass is 260 g/mol. The largest absolute Gasteiger partial charge is 0.325 e. The summed E-state index contributed by atoms with van der Waals surface area (Å²) in [6, 6.07) is 5.01. The number of hydrogen-bond acceptors (Lipinski definition) is 5. The van der Waals surface area contributed by atoms with E-state index in [2.05, 4.69) is 20.8 Å². The van der Waals surface area contributed by atoms with Crippen LogP contribution in [0.2, 0.25) is 0 Å². The molecular formula is C12H16N6O. The summed E-state index contributed by atoms with van der Waals surface area (Å²) in [4.78, 5) is 11.7. The van der Waals surface area contributed by atoms with Crippen LogP contribution >= 0.6 is 0 Å². The van der Waals surface area contributed by atoms with Crippen LogP contribution in [0, 0.1) is 6.92 Å². The Morgan fingerprint density at radius 3 is 2.89 bits per heavy atom. The highest BCUT2D eigenvalue weighted by Gasteiger charge is 2.11. The molecule has 1 heterocycles. The number of amides is 1. The second kappa shape index (κ2) is 5.57. The van der Waals surface area contributed by atoms with Crippen molar-refractivity contribution in [3.05, 3.63) is 30.1 Å². The molecule has 0 bridgehead atoms. The summed E-state index contributed by atoms with van der Waals surface area (Å²) >= 11 is 0. The minimum atomic E-state index is -0.487. The zero-order chi connectivity index (χ0) is 13.8. The van der Waals surface area contributed by atoms with Gasteiger partial charge in [0.15, 0.2) is 0 Å². The summed E-state index contributed by atoms with van der Waals surface area (Å²) in [7, 11) is 0. The molecule has 0 fully saturated rings. The van der Waals surface area contributed by atoms with Crippen molar-refractivity contribution in [1.29, 1.82) is 0 Å². The van der Waals surface area contributed by atoms with Crippen molar-refractivity contribution in [3.63, 3.8) is 0 Å². The number of nitrogens with one attached hydrogen (secondary N) is 1. The van der Waals surface area contributed by atoms with Crippen molar-refractivity contribution in [2.75, 3.05) is 5.32 Å². The third-order valence-corrected chi connectivity index (χ3v) is 2.84. The number of rotatable bonds is 4. The zero-order valence-corrected chi connectivity index (χ0v) is 10.9. The van der Waals surface area contributed by atoms with Gasteiger partial charge in [0.05, 0.1) is 11.7 Å². The van der Waals surface area contributed by atoms with Crippen LogP contribution in [-0.2, 0) is 4.79 Å². The Morgan fingerprint density at radius 2 is 2.32 bits per heavy atom. The molecule has 3 N–H and O–H groups in total. The van der Waals surface area contributed by atoms with Crippen LogP contribution in [0.3, 0.4) is 0 Å². The molecule has 0 unspecified atom stereocenters. The molecule has 0 aliphatic heterocycles. The predicted molar refractivity (Wildman–Crippen MR) is 70.8 cm³/mol. The van der Waals surface area contributed by atoms with Gasteiger partial charge in [0.1, 0.15) is 6.33 Å². The first-order chi connectivity index (χ1) is 9.11. The standard InChI is InChI=1S/C12H16N6O/c1-3-10(13)12(19)15-9-4-5-11(8(2)6-9)18-7-14-16-17-18/h4-7,10H,3,13H2,1-2H3,(H,15,19)/t10-/m0/s1. The second-order valence-electron chi connectivity index (χ2n) is 4.26. The van der Waals surface area contributed by atoms with E-state index in [4.69, 9.17) is 5.73 Å².